The fraction of sp³-hybridized carbons (Fsp3) is 0.556. The van der Waals surface area contributed by atoms with E-state index < -0.39 is 24.5 Å². The van der Waals surface area contributed by atoms with Gasteiger partial charge in [0.2, 0.25) is 0 Å². The average Bonchev–Trinajstić information content (AvgIpc) is 3.48. The molecule has 4 atom stereocenters. The van der Waals surface area contributed by atoms with Gasteiger partial charge in [-0.15, -0.1) is 0 Å². The summed E-state index contributed by atoms with van der Waals surface area (Å²) in [6.07, 6.45) is 6.06. The van der Waals surface area contributed by atoms with Crippen LogP contribution in [0.25, 0.3) is 11.2 Å². The number of rotatable bonds is 13. The quantitative estimate of drug-likeness (QED) is 0.120. The van der Waals surface area contributed by atoms with Crippen molar-refractivity contribution in [2.24, 2.45) is 10.7 Å². The summed E-state index contributed by atoms with van der Waals surface area (Å²) >= 11 is 1.67. The number of nitrogens with two attached hydrogens (primary N) is 1. The van der Waals surface area contributed by atoms with Crippen LogP contribution < -0.4 is 16.4 Å². The Labute approximate surface area is 232 Å². The molecule has 0 spiro atoms. The van der Waals surface area contributed by atoms with Crippen LogP contribution in [-0.2, 0) is 11.2 Å². The van der Waals surface area contributed by atoms with Crippen LogP contribution in [-0.4, -0.2) is 84.6 Å². The lowest BCUT2D eigenvalue weighted by Gasteiger charge is -2.26. The maximum absolute atomic E-state index is 10.8. The molecule has 0 unspecified atom stereocenters. The first-order valence-corrected chi connectivity index (χ1v) is 14.9. The van der Waals surface area contributed by atoms with Crippen molar-refractivity contribution in [3.63, 3.8) is 0 Å². The second-order valence-electron chi connectivity index (χ2n) is 10.1. The third kappa shape index (κ3) is 6.99. The van der Waals surface area contributed by atoms with E-state index in [1.165, 1.54) is 18.3 Å². The number of nitrogens with zero attached hydrogens (tertiary/aromatic N) is 5. The van der Waals surface area contributed by atoms with Crippen LogP contribution in [0.3, 0.4) is 0 Å². The van der Waals surface area contributed by atoms with E-state index >= 15 is 0 Å². The van der Waals surface area contributed by atoms with E-state index in [0.29, 0.717) is 41.3 Å². The molecule has 1 aromatic carbocycles. The first-order chi connectivity index (χ1) is 19.1. The highest BCUT2D eigenvalue weighted by atomic mass is 32.2. The van der Waals surface area contributed by atoms with E-state index in [4.69, 9.17) is 10.5 Å². The summed E-state index contributed by atoms with van der Waals surface area (Å²) in [4.78, 5) is 17.6. The molecule has 39 heavy (non-hydrogen) atoms. The van der Waals surface area contributed by atoms with E-state index in [1.807, 2.05) is 18.2 Å². The van der Waals surface area contributed by atoms with Gasteiger partial charge >= 0.3 is 0 Å². The van der Waals surface area contributed by atoms with E-state index in [-0.39, 0.29) is 0 Å². The molecule has 11 nitrogen and oxygen atoms in total. The number of aryl methyl sites for hydroxylation is 1. The van der Waals surface area contributed by atoms with Gasteiger partial charge in [-0.05, 0) is 49.8 Å². The third-order valence-electron chi connectivity index (χ3n) is 7.22. The molecule has 1 aliphatic carbocycles. The lowest BCUT2D eigenvalue weighted by molar-refractivity contribution is -0.0289. The van der Waals surface area contributed by atoms with Gasteiger partial charge in [-0.1, -0.05) is 30.3 Å². The summed E-state index contributed by atoms with van der Waals surface area (Å²) in [5.41, 5.74) is 8.37. The Morgan fingerprint density at radius 3 is 2.77 bits per heavy atom. The molecular weight excluding hydrogens is 516 g/mol. The van der Waals surface area contributed by atoms with Crippen LogP contribution in [0.5, 0.6) is 0 Å². The number of aliphatic hydroxyl groups is 2. The van der Waals surface area contributed by atoms with Crippen LogP contribution in [0, 0.1) is 0 Å². The SMILES string of the molecule is NC(=NCCCSC[C@H]1O[C@@H](n2cnc3c(NCCCc4ccccc4)ncnc32)[C@H](O)[C@@H]1O)NC1CCC1. The zero-order chi connectivity index (χ0) is 27.0. The first kappa shape index (κ1) is 27.6. The lowest BCUT2D eigenvalue weighted by Crippen LogP contribution is -2.43. The van der Waals surface area contributed by atoms with Gasteiger partial charge < -0.3 is 31.3 Å². The van der Waals surface area contributed by atoms with Crippen molar-refractivity contribution in [3.8, 4) is 0 Å². The number of nitrogens with one attached hydrogen (secondary N) is 2. The van der Waals surface area contributed by atoms with Crippen molar-refractivity contribution < 1.29 is 14.9 Å². The van der Waals surface area contributed by atoms with Crippen LogP contribution in [0.15, 0.2) is 48.0 Å². The topological polar surface area (TPSA) is 156 Å². The molecule has 0 radical (unpaired) electrons. The number of aromatic nitrogens is 4. The number of hydrogen-bond donors (Lipinski definition) is 5. The zero-order valence-corrected chi connectivity index (χ0v) is 22.8. The van der Waals surface area contributed by atoms with E-state index in [0.717, 1.165) is 44.4 Å². The molecule has 210 valence electrons. The molecule has 3 heterocycles. The van der Waals surface area contributed by atoms with Gasteiger partial charge in [-0.3, -0.25) is 9.56 Å². The summed E-state index contributed by atoms with van der Waals surface area (Å²) in [5, 5.41) is 28.0. The second kappa shape index (κ2) is 13.4. The second-order valence-corrected chi connectivity index (χ2v) is 11.2. The van der Waals surface area contributed by atoms with Gasteiger partial charge in [0, 0.05) is 24.9 Å². The minimum absolute atomic E-state index is 0.482. The standard InChI is InChI=1S/C27H38N8O3S/c28-27(34-19-10-4-11-19)30-13-6-14-39-15-20-22(36)23(37)26(38-20)35-17-33-21-24(31-16-32-25(21)35)29-12-5-9-18-7-2-1-3-8-18/h1-3,7-8,16-17,19-20,22-23,26,36-37H,4-6,9-15H2,(H3,28,30,34)(H,29,31,32)/t20-,22-,23-,26-/m1/s1. The Morgan fingerprint density at radius 1 is 1.13 bits per heavy atom. The highest BCUT2D eigenvalue weighted by molar-refractivity contribution is 7.99. The summed E-state index contributed by atoms with van der Waals surface area (Å²) in [6, 6.07) is 10.8. The molecule has 5 rings (SSSR count). The van der Waals surface area contributed by atoms with Crippen molar-refractivity contribution in [1.29, 1.82) is 0 Å². The third-order valence-corrected chi connectivity index (χ3v) is 8.36. The largest absolute Gasteiger partial charge is 0.387 e. The number of anilines is 1. The number of ether oxygens (including phenoxy) is 1. The molecule has 0 amide bonds. The minimum Gasteiger partial charge on any atom is -0.387 e. The van der Waals surface area contributed by atoms with E-state index in [9.17, 15) is 10.2 Å². The molecule has 2 aliphatic rings. The Morgan fingerprint density at radius 2 is 1.97 bits per heavy atom. The summed E-state index contributed by atoms with van der Waals surface area (Å²) < 4.78 is 7.77. The van der Waals surface area contributed by atoms with Gasteiger partial charge in [0.1, 0.15) is 18.5 Å². The predicted octanol–water partition coefficient (Wildman–Crippen LogP) is 2.07. The van der Waals surface area contributed by atoms with Crippen LogP contribution >= 0.6 is 11.8 Å². The Balaban J connectivity index is 1.10. The number of aliphatic imine (C=N–C) groups is 1. The molecule has 1 saturated heterocycles. The smallest absolute Gasteiger partial charge is 0.188 e. The van der Waals surface area contributed by atoms with E-state index in [1.54, 1.807) is 22.7 Å². The summed E-state index contributed by atoms with van der Waals surface area (Å²) in [6.45, 7) is 1.39. The van der Waals surface area contributed by atoms with Gasteiger partial charge in [0.05, 0.1) is 12.4 Å². The fourth-order valence-corrected chi connectivity index (χ4v) is 5.79. The van der Waals surface area contributed by atoms with Gasteiger partial charge in [-0.25, -0.2) is 15.0 Å². The first-order valence-electron chi connectivity index (χ1n) is 13.7. The molecular formula is C27H38N8O3S. The maximum Gasteiger partial charge on any atom is 0.188 e. The van der Waals surface area contributed by atoms with Crippen LogP contribution in [0.1, 0.15) is 43.9 Å². The fourth-order valence-electron chi connectivity index (χ4n) is 4.78. The average molecular weight is 555 g/mol. The maximum atomic E-state index is 10.8. The van der Waals surface area contributed by atoms with Crippen molar-refractivity contribution >= 4 is 34.7 Å². The highest BCUT2D eigenvalue weighted by Gasteiger charge is 2.44. The number of aliphatic hydroxyl groups excluding tert-OH is 2. The number of imidazole rings is 1. The predicted molar refractivity (Wildman–Crippen MR) is 154 cm³/mol. The molecule has 0 bridgehead atoms. The Kier molecular flexibility index (Phi) is 9.51. The van der Waals surface area contributed by atoms with Crippen molar-refractivity contribution in [3.05, 3.63) is 48.5 Å². The molecule has 3 aromatic rings. The molecule has 6 N–H and O–H groups in total. The molecule has 12 heteroatoms. The number of guanidine groups is 1. The number of thioether (sulfide) groups is 1. The molecule has 1 aliphatic heterocycles. The Bertz CT molecular complexity index is 1220. The summed E-state index contributed by atoms with van der Waals surface area (Å²) in [5.74, 6) is 2.57. The zero-order valence-electron chi connectivity index (χ0n) is 22.0. The molecule has 1 saturated carbocycles. The van der Waals surface area contributed by atoms with E-state index in [2.05, 4.69) is 42.7 Å². The molecule has 2 aromatic heterocycles. The van der Waals surface area contributed by atoms with Crippen molar-refractivity contribution in [2.45, 2.75) is 69.1 Å². The van der Waals surface area contributed by atoms with Gasteiger partial charge in [0.15, 0.2) is 29.2 Å². The van der Waals surface area contributed by atoms with Crippen molar-refractivity contribution in [2.75, 3.05) is 29.9 Å². The monoisotopic (exact) mass is 554 g/mol. The number of hydrogen-bond acceptors (Lipinski definition) is 9. The van der Waals surface area contributed by atoms with Crippen LogP contribution in [0.4, 0.5) is 5.82 Å². The highest BCUT2D eigenvalue weighted by Crippen LogP contribution is 2.33. The summed E-state index contributed by atoms with van der Waals surface area (Å²) in [7, 11) is 0. The van der Waals surface area contributed by atoms with Crippen molar-refractivity contribution in [1.82, 2.24) is 24.8 Å². The van der Waals surface area contributed by atoms with Crippen LogP contribution in [0.2, 0.25) is 0 Å². The lowest BCUT2D eigenvalue weighted by atomic mass is 9.93. The number of fused-ring (bicyclic) bond motifs is 1. The minimum atomic E-state index is -1.09. The van der Waals surface area contributed by atoms with Gasteiger partial charge in [0.25, 0.3) is 0 Å². The Hall–Kier alpha value is -2.93. The number of benzene rings is 1. The molecule has 2 fully saturated rings. The normalized spacial score (nSPS) is 23.7. The van der Waals surface area contributed by atoms with Gasteiger partial charge in [-0.2, -0.15) is 11.8 Å².